The Kier molecular flexibility index (Phi) is 14.2. The van der Waals surface area contributed by atoms with E-state index >= 15 is 0 Å². The average molecular weight is 900 g/mol. The van der Waals surface area contributed by atoms with Crippen LogP contribution in [-0.4, -0.2) is 4.30 Å². The van der Waals surface area contributed by atoms with Crippen molar-refractivity contribution in [3.8, 4) is 0 Å². The van der Waals surface area contributed by atoms with Gasteiger partial charge in [-0.25, -0.2) is 0 Å². The van der Waals surface area contributed by atoms with Crippen molar-refractivity contribution in [1.29, 1.82) is 0 Å². The van der Waals surface area contributed by atoms with Gasteiger partial charge < -0.3 is 8.83 Å². The molecule has 2 aromatic heterocycles. The van der Waals surface area contributed by atoms with Gasteiger partial charge in [-0.3, -0.25) is 4.70 Å². The summed E-state index contributed by atoms with van der Waals surface area (Å²) in [5, 5.41) is 10.2. The summed E-state index contributed by atoms with van der Waals surface area (Å²) >= 11 is 35.9. The molecule has 0 bridgehead atoms. The lowest BCUT2D eigenvalue weighted by Crippen LogP contribution is -1.75. The minimum Gasteiger partial charge on any atom is -0.454 e. The second-order valence-electron chi connectivity index (χ2n) is 9.13. The highest BCUT2D eigenvalue weighted by molar-refractivity contribution is 9.93. The van der Waals surface area contributed by atoms with Crippen molar-refractivity contribution < 1.29 is 13.5 Å². The summed E-state index contributed by atoms with van der Waals surface area (Å²) in [6.45, 7) is 0. The molecule has 0 unspecified atom stereocenters. The van der Waals surface area contributed by atoms with Crippen molar-refractivity contribution in [2.45, 2.75) is 11.7 Å². The fraction of sp³-hybridized carbons (Fsp3) is 0.0588. The van der Waals surface area contributed by atoms with Gasteiger partial charge in [0, 0.05) is 65.0 Å². The molecule has 2 nitrogen and oxygen atoms in total. The van der Waals surface area contributed by atoms with E-state index in [0.29, 0.717) is 10.0 Å². The second-order valence-corrected chi connectivity index (χ2v) is 12.8. The van der Waals surface area contributed by atoms with Gasteiger partial charge in [-0.2, -0.15) is 0 Å². The van der Waals surface area contributed by atoms with Crippen molar-refractivity contribution in [3.05, 3.63) is 118 Å². The normalized spacial score (nSPS) is 10.5. The summed E-state index contributed by atoms with van der Waals surface area (Å²) < 4.78 is 12.3. The summed E-state index contributed by atoms with van der Waals surface area (Å²) in [5.74, 6) is 0. The summed E-state index contributed by atoms with van der Waals surface area (Å²) in [6, 6.07) is 34.4. The molecule has 0 aliphatic carbocycles. The fourth-order valence-corrected chi connectivity index (χ4v) is 6.03. The van der Waals surface area contributed by atoms with E-state index in [4.69, 9.17) is 66.8 Å². The third kappa shape index (κ3) is 7.88. The molecular weight excluding hydrogens is 876 g/mol. The zero-order valence-electron chi connectivity index (χ0n) is 22.1. The molecule has 0 saturated heterocycles. The first-order chi connectivity index (χ1) is 20.8. The Morgan fingerprint density at radius 2 is 0.889 bits per heavy atom. The molecule has 0 radical (unpaired) electrons. The molecule has 234 valence electrons. The van der Waals surface area contributed by atoms with Crippen LogP contribution in [0.2, 0.25) is 10.0 Å². The van der Waals surface area contributed by atoms with Crippen LogP contribution in [0, 0.1) is 0 Å². The van der Waals surface area contributed by atoms with E-state index < -0.39 is 4.30 Å². The van der Waals surface area contributed by atoms with Gasteiger partial charge in [0.05, 0.1) is 10.0 Å². The zero-order chi connectivity index (χ0) is 30.7. The predicted molar refractivity (Wildman–Crippen MR) is 209 cm³/mol. The molecule has 0 saturated carbocycles. The van der Waals surface area contributed by atoms with Crippen LogP contribution < -0.4 is 0 Å². The molecule has 0 spiro atoms. The molecule has 0 aliphatic heterocycles. The number of alkyl halides is 3. The van der Waals surface area contributed by atoms with E-state index in [1.54, 1.807) is 0 Å². The van der Waals surface area contributed by atoms with Gasteiger partial charge in [0.2, 0.25) is 0 Å². The third-order valence-electron chi connectivity index (χ3n) is 6.75. The highest BCUT2D eigenvalue weighted by atomic mass is 80.9. The smallest absolute Gasteiger partial charge is 0.180 e. The number of fused-ring (bicyclic) bond motifs is 10. The van der Waals surface area contributed by atoms with Crippen LogP contribution in [-0.2, 0) is 0 Å². The number of hydrogen-bond acceptors (Lipinski definition) is 2. The number of hydrogen-bond donors (Lipinski definition) is 0. The Morgan fingerprint density at radius 1 is 0.489 bits per heavy atom. The van der Waals surface area contributed by atoms with Crippen LogP contribution in [0.15, 0.2) is 116 Å². The molecule has 0 aliphatic rings. The first kappa shape index (κ1) is 37.7. The minimum atomic E-state index is -0.750. The predicted octanol–water partition coefficient (Wildman–Crippen LogP) is 16.0. The zero-order valence-corrected chi connectivity index (χ0v) is 30.7. The molecular formula is C34H23Br3Cl5FO2. The molecule has 8 rings (SSSR count). The Bertz CT molecular complexity index is 2210. The number of benzene rings is 6. The average Bonchev–Trinajstić information content (AvgIpc) is 3.59. The lowest BCUT2D eigenvalue weighted by molar-refractivity contribution is 0.672. The Labute approximate surface area is 307 Å². The number of halogens is 9. The summed E-state index contributed by atoms with van der Waals surface area (Å²) in [7, 11) is 0. The largest absolute Gasteiger partial charge is 0.454 e. The quantitative estimate of drug-likeness (QED) is 0.142. The first-order valence-corrected chi connectivity index (χ1v) is 19.1. The molecule has 11 heteroatoms. The van der Waals surface area contributed by atoms with Crippen LogP contribution in [0.1, 0.15) is 7.43 Å². The van der Waals surface area contributed by atoms with Crippen LogP contribution in [0.3, 0.4) is 0 Å². The van der Waals surface area contributed by atoms with Crippen molar-refractivity contribution in [1.82, 2.24) is 0 Å². The SMILES string of the molecule is BrBr.C.ClC(Cl)Cl.Clc1cccc2c1oc1c3ccccc3c(Br)cc21.Clc1cccc2c1oc1c3ccccc3ccc21.F. The maximum absolute atomic E-state index is 6.21. The summed E-state index contributed by atoms with van der Waals surface area (Å²) in [5.41, 5.74) is 3.33. The lowest BCUT2D eigenvalue weighted by atomic mass is 10.1. The molecule has 6 aromatic carbocycles. The van der Waals surface area contributed by atoms with E-state index in [0.717, 1.165) is 64.5 Å². The molecule has 2 heterocycles. The Hall–Kier alpha value is -1.74. The van der Waals surface area contributed by atoms with Crippen LogP contribution in [0.25, 0.3) is 65.4 Å². The number of rotatable bonds is 0. The van der Waals surface area contributed by atoms with Gasteiger partial charge in [0.15, 0.2) is 15.5 Å². The molecule has 0 N–H and O–H groups in total. The van der Waals surface area contributed by atoms with Crippen LogP contribution >= 0.6 is 102 Å². The van der Waals surface area contributed by atoms with Crippen LogP contribution in [0.4, 0.5) is 4.70 Å². The van der Waals surface area contributed by atoms with Gasteiger partial charge >= 0.3 is 0 Å². The van der Waals surface area contributed by atoms with Crippen molar-refractivity contribution in [3.63, 3.8) is 0 Å². The topological polar surface area (TPSA) is 26.3 Å². The van der Waals surface area contributed by atoms with Gasteiger partial charge in [-0.1, -0.05) is 160 Å². The molecule has 45 heavy (non-hydrogen) atoms. The van der Waals surface area contributed by atoms with Gasteiger partial charge in [-0.15, -0.1) is 0 Å². The maximum atomic E-state index is 6.21. The summed E-state index contributed by atoms with van der Waals surface area (Å²) in [6.07, 6.45) is 0. The van der Waals surface area contributed by atoms with E-state index in [9.17, 15) is 0 Å². The monoisotopic (exact) mass is 894 g/mol. The Balaban J connectivity index is 0.000000202. The van der Waals surface area contributed by atoms with Gasteiger partial charge in [0.1, 0.15) is 11.2 Å². The maximum Gasteiger partial charge on any atom is 0.180 e. The van der Waals surface area contributed by atoms with Gasteiger partial charge in [-0.05, 0) is 35.0 Å². The second kappa shape index (κ2) is 16.9. The van der Waals surface area contributed by atoms with Crippen molar-refractivity contribution in [2.24, 2.45) is 0 Å². The van der Waals surface area contributed by atoms with Crippen LogP contribution in [0.5, 0.6) is 0 Å². The molecule has 0 atom stereocenters. The molecule has 8 aromatic rings. The van der Waals surface area contributed by atoms with E-state index in [2.05, 4.69) is 86.6 Å². The minimum absolute atomic E-state index is 0. The van der Waals surface area contributed by atoms with E-state index in [1.807, 2.05) is 60.7 Å². The Morgan fingerprint density at radius 3 is 1.47 bits per heavy atom. The highest BCUT2D eigenvalue weighted by Crippen LogP contribution is 2.40. The lowest BCUT2D eigenvalue weighted by Gasteiger charge is -2.01. The first-order valence-electron chi connectivity index (χ1n) is 12.6. The standard InChI is InChI=1S/C16H8BrClO.C16H9ClO.CHCl3.CH4.Br2.FH/c17-13-8-12-11-6-3-7-14(18)16(11)19-15(12)10-5-2-1-4-9(10)13;17-14-7-3-6-12-13-9-8-10-4-1-2-5-11(10)15(13)18-16(12)14;2-1(3)4;;1-2;/h1-8H;1-9H;1H;1H4;;1H. The number of para-hydroxylation sites is 2. The van der Waals surface area contributed by atoms with E-state index in [1.165, 1.54) is 5.39 Å². The van der Waals surface area contributed by atoms with Gasteiger partial charge in [0.25, 0.3) is 0 Å². The summed E-state index contributed by atoms with van der Waals surface area (Å²) in [4.78, 5) is 0. The number of furan rings is 2. The van der Waals surface area contributed by atoms with Crippen molar-refractivity contribution >= 4 is 168 Å². The van der Waals surface area contributed by atoms with E-state index in [-0.39, 0.29) is 12.1 Å². The highest BCUT2D eigenvalue weighted by Gasteiger charge is 2.14. The van der Waals surface area contributed by atoms with Crippen molar-refractivity contribution in [2.75, 3.05) is 0 Å². The third-order valence-corrected chi connectivity index (χ3v) is 8.00. The fourth-order valence-electron chi connectivity index (χ4n) is 5.03. The molecule has 0 fully saturated rings. The molecule has 0 amide bonds.